The van der Waals surface area contributed by atoms with E-state index in [0.29, 0.717) is 6.61 Å². The van der Waals surface area contributed by atoms with Gasteiger partial charge in [-0.15, -0.1) is 0 Å². The standard InChI is InChI=1S/C18H36N2O5/c1-2-3-4-5-6-7-8-9-10-11-12-25-20-18-17(24)16(23)15(22)14(13-21)19-18/h14-17,21-24H,2-13H2,1H3,(H,19,20)/t14-,15-,16+,17-/m1/s1. The maximum Gasteiger partial charge on any atom is 0.153 e. The van der Waals surface area contributed by atoms with Gasteiger partial charge in [0.05, 0.1) is 13.2 Å². The summed E-state index contributed by atoms with van der Waals surface area (Å²) >= 11 is 0. The molecule has 1 rings (SSSR count). The first-order chi connectivity index (χ1) is 12.1. The second-order valence-corrected chi connectivity index (χ2v) is 6.82. The molecule has 0 amide bonds. The number of hydrogen-bond acceptors (Lipinski definition) is 7. The molecule has 0 spiro atoms. The first-order valence-corrected chi connectivity index (χ1v) is 9.72. The van der Waals surface area contributed by atoms with Crippen LogP contribution in [0.3, 0.4) is 0 Å². The third kappa shape index (κ3) is 8.46. The number of hydroxylamine groups is 1. The molecule has 0 aromatic rings. The topological polar surface area (TPSA) is 115 Å². The van der Waals surface area contributed by atoms with Crippen LogP contribution in [0, 0.1) is 0 Å². The van der Waals surface area contributed by atoms with Crippen molar-refractivity contribution in [2.75, 3.05) is 13.2 Å². The number of unbranched alkanes of at least 4 members (excludes halogenated alkanes) is 9. The number of nitrogens with one attached hydrogen (secondary N) is 1. The molecule has 5 N–H and O–H groups in total. The van der Waals surface area contributed by atoms with Crippen LogP contribution in [0.5, 0.6) is 0 Å². The molecule has 25 heavy (non-hydrogen) atoms. The molecular formula is C18H36N2O5. The largest absolute Gasteiger partial charge is 0.394 e. The Bertz CT molecular complexity index is 367. The zero-order chi connectivity index (χ0) is 18.5. The lowest BCUT2D eigenvalue weighted by molar-refractivity contribution is -0.0646. The molecule has 1 heterocycles. The lowest BCUT2D eigenvalue weighted by atomic mass is 9.97. The highest BCUT2D eigenvalue weighted by Gasteiger charge is 2.38. The van der Waals surface area contributed by atoms with Crippen LogP contribution >= 0.6 is 0 Å². The van der Waals surface area contributed by atoms with Crippen molar-refractivity contribution in [2.24, 2.45) is 4.99 Å². The molecule has 0 aliphatic carbocycles. The van der Waals surface area contributed by atoms with Crippen molar-refractivity contribution in [3.05, 3.63) is 0 Å². The van der Waals surface area contributed by atoms with Gasteiger partial charge in [0.15, 0.2) is 5.84 Å². The van der Waals surface area contributed by atoms with Crippen molar-refractivity contribution in [2.45, 2.75) is 95.5 Å². The predicted octanol–water partition coefficient (Wildman–Crippen LogP) is 1.28. The Morgan fingerprint density at radius 3 is 2.00 bits per heavy atom. The smallest absolute Gasteiger partial charge is 0.153 e. The van der Waals surface area contributed by atoms with Crippen LogP contribution < -0.4 is 5.48 Å². The van der Waals surface area contributed by atoms with E-state index in [1.165, 1.54) is 51.4 Å². The molecule has 0 bridgehead atoms. The molecule has 148 valence electrons. The number of aliphatic hydroxyl groups excluding tert-OH is 4. The van der Waals surface area contributed by atoms with Crippen LogP contribution in [0.15, 0.2) is 4.99 Å². The highest BCUT2D eigenvalue weighted by atomic mass is 16.6. The first-order valence-electron chi connectivity index (χ1n) is 9.72. The highest BCUT2D eigenvalue weighted by molar-refractivity contribution is 5.87. The Balaban J connectivity index is 2.04. The zero-order valence-corrected chi connectivity index (χ0v) is 15.4. The van der Waals surface area contributed by atoms with Crippen LogP contribution in [0.2, 0.25) is 0 Å². The van der Waals surface area contributed by atoms with Gasteiger partial charge in [-0.05, 0) is 6.42 Å². The maximum atomic E-state index is 9.83. The van der Waals surface area contributed by atoms with Crippen LogP contribution in [0.1, 0.15) is 71.1 Å². The minimum atomic E-state index is -1.39. The lowest BCUT2D eigenvalue weighted by Gasteiger charge is -2.32. The summed E-state index contributed by atoms with van der Waals surface area (Å²) in [6, 6.07) is -0.859. The summed E-state index contributed by atoms with van der Waals surface area (Å²) in [5, 5.41) is 38.3. The molecule has 0 aromatic heterocycles. The van der Waals surface area contributed by atoms with E-state index in [2.05, 4.69) is 17.4 Å². The van der Waals surface area contributed by atoms with Crippen LogP contribution in [-0.2, 0) is 4.84 Å². The molecule has 0 radical (unpaired) electrons. The van der Waals surface area contributed by atoms with E-state index >= 15 is 0 Å². The Kier molecular flexibility index (Phi) is 12.0. The van der Waals surface area contributed by atoms with Gasteiger partial charge < -0.3 is 20.4 Å². The first kappa shape index (κ1) is 22.3. The summed E-state index contributed by atoms with van der Waals surface area (Å²) in [6.07, 6.45) is 8.39. The fourth-order valence-electron chi connectivity index (χ4n) is 2.93. The SMILES string of the molecule is CCCCCCCCCCCCONC1=N[C@H](CO)[C@@H](O)[C@H](O)[C@H]1O. The molecule has 7 heteroatoms. The second kappa shape index (κ2) is 13.5. The third-order valence-corrected chi connectivity index (χ3v) is 4.62. The van der Waals surface area contributed by atoms with Gasteiger partial charge in [0.1, 0.15) is 24.4 Å². The lowest BCUT2D eigenvalue weighted by Crippen LogP contribution is -2.56. The van der Waals surface area contributed by atoms with Crippen molar-refractivity contribution >= 4 is 5.84 Å². The van der Waals surface area contributed by atoms with E-state index in [9.17, 15) is 15.3 Å². The van der Waals surface area contributed by atoms with E-state index in [1.54, 1.807) is 0 Å². The highest BCUT2D eigenvalue weighted by Crippen LogP contribution is 2.15. The number of nitrogens with zero attached hydrogens (tertiary/aromatic N) is 1. The average molecular weight is 360 g/mol. The fourth-order valence-corrected chi connectivity index (χ4v) is 2.93. The minimum absolute atomic E-state index is 0.0453. The Labute approximate surface area is 151 Å². The quantitative estimate of drug-likeness (QED) is 0.250. The minimum Gasteiger partial charge on any atom is -0.394 e. The number of rotatable bonds is 13. The zero-order valence-electron chi connectivity index (χ0n) is 15.4. The van der Waals surface area contributed by atoms with Gasteiger partial charge in [-0.2, -0.15) is 0 Å². The van der Waals surface area contributed by atoms with E-state index in [0.717, 1.165) is 12.8 Å². The molecule has 1 aliphatic heterocycles. The van der Waals surface area contributed by atoms with Gasteiger partial charge in [0.25, 0.3) is 0 Å². The monoisotopic (exact) mass is 360 g/mol. The number of aliphatic imine (C=N–C) groups is 1. The van der Waals surface area contributed by atoms with Crippen molar-refractivity contribution in [1.82, 2.24) is 5.48 Å². The normalized spacial score (nSPS) is 26.5. The molecule has 0 saturated heterocycles. The van der Waals surface area contributed by atoms with E-state index in [-0.39, 0.29) is 5.84 Å². The van der Waals surface area contributed by atoms with Crippen LogP contribution in [0.25, 0.3) is 0 Å². The molecule has 7 nitrogen and oxygen atoms in total. The maximum absolute atomic E-state index is 9.83. The van der Waals surface area contributed by atoms with Gasteiger partial charge in [-0.25, -0.2) is 0 Å². The van der Waals surface area contributed by atoms with E-state index in [1.807, 2.05) is 0 Å². The summed E-state index contributed by atoms with van der Waals surface area (Å²) in [5.74, 6) is 0.0453. The predicted molar refractivity (Wildman–Crippen MR) is 97.3 cm³/mol. The number of aliphatic hydroxyl groups is 4. The number of amidine groups is 1. The molecule has 0 unspecified atom stereocenters. The Morgan fingerprint density at radius 2 is 1.44 bits per heavy atom. The molecule has 0 saturated carbocycles. The van der Waals surface area contributed by atoms with E-state index < -0.39 is 31.0 Å². The molecule has 0 aromatic carbocycles. The van der Waals surface area contributed by atoms with Gasteiger partial charge >= 0.3 is 0 Å². The fraction of sp³-hybridized carbons (Fsp3) is 0.944. The van der Waals surface area contributed by atoms with Gasteiger partial charge in [0, 0.05) is 0 Å². The second-order valence-electron chi connectivity index (χ2n) is 6.82. The summed E-state index contributed by atoms with van der Waals surface area (Å²) < 4.78 is 0. The Hall–Kier alpha value is -0.730. The van der Waals surface area contributed by atoms with Gasteiger partial charge in [-0.3, -0.25) is 15.3 Å². The summed E-state index contributed by atoms with van der Waals surface area (Å²) in [5.41, 5.74) is 2.54. The van der Waals surface area contributed by atoms with E-state index in [4.69, 9.17) is 9.94 Å². The van der Waals surface area contributed by atoms with Crippen LogP contribution in [-0.4, -0.2) is 63.8 Å². The van der Waals surface area contributed by atoms with Crippen molar-refractivity contribution in [1.29, 1.82) is 0 Å². The summed E-state index contributed by atoms with van der Waals surface area (Å²) in [4.78, 5) is 9.25. The van der Waals surface area contributed by atoms with Gasteiger partial charge in [-0.1, -0.05) is 64.7 Å². The van der Waals surface area contributed by atoms with Crippen molar-refractivity contribution < 1.29 is 25.3 Å². The Morgan fingerprint density at radius 1 is 0.880 bits per heavy atom. The molecule has 4 atom stereocenters. The van der Waals surface area contributed by atoms with Crippen LogP contribution in [0.4, 0.5) is 0 Å². The summed E-state index contributed by atoms with van der Waals surface area (Å²) in [7, 11) is 0. The van der Waals surface area contributed by atoms with Gasteiger partial charge in [0.2, 0.25) is 0 Å². The third-order valence-electron chi connectivity index (χ3n) is 4.62. The number of hydrogen-bond donors (Lipinski definition) is 5. The average Bonchev–Trinajstić information content (AvgIpc) is 2.62. The van der Waals surface area contributed by atoms with Crippen molar-refractivity contribution in [3.8, 4) is 0 Å². The molecule has 0 fully saturated rings. The molecular weight excluding hydrogens is 324 g/mol. The molecule has 1 aliphatic rings. The van der Waals surface area contributed by atoms with Crippen molar-refractivity contribution in [3.63, 3.8) is 0 Å². The summed E-state index contributed by atoms with van der Waals surface area (Å²) in [6.45, 7) is 2.30.